The molecule has 6 heteroatoms. The standard InChI is InChI=1S/C13H17F3N2O/c1-2-17-9-10-3-5-11(6-4-10)18-12(19)7-8-13(14,15)16/h3-6,17H,2,7-9H2,1H3,(H,18,19). The Balaban J connectivity index is 2.42. The Labute approximate surface area is 110 Å². The zero-order valence-corrected chi connectivity index (χ0v) is 10.7. The monoisotopic (exact) mass is 274 g/mol. The van der Waals surface area contributed by atoms with E-state index in [0.717, 1.165) is 18.7 Å². The maximum atomic E-state index is 11.9. The van der Waals surface area contributed by atoms with Crippen LogP contribution in [0.2, 0.25) is 0 Å². The molecule has 0 atom stereocenters. The van der Waals surface area contributed by atoms with E-state index in [0.29, 0.717) is 5.69 Å². The number of carbonyl (C=O) groups is 1. The van der Waals surface area contributed by atoms with Crippen LogP contribution in [0.1, 0.15) is 25.3 Å². The Morgan fingerprint density at radius 1 is 1.21 bits per heavy atom. The molecule has 0 spiro atoms. The minimum atomic E-state index is -4.30. The summed E-state index contributed by atoms with van der Waals surface area (Å²) in [7, 11) is 0. The second-order valence-electron chi connectivity index (χ2n) is 4.14. The molecule has 0 saturated carbocycles. The zero-order valence-electron chi connectivity index (χ0n) is 10.7. The van der Waals surface area contributed by atoms with Crippen molar-refractivity contribution in [3.05, 3.63) is 29.8 Å². The van der Waals surface area contributed by atoms with E-state index in [2.05, 4.69) is 10.6 Å². The minimum Gasteiger partial charge on any atom is -0.326 e. The summed E-state index contributed by atoms with van der Waals surface area (Å²) in [4.78, 5) is 11.3. The van der Waals surface area contributed by atoms with Crippen molar-refractivity contribution in [2.45, 2.75) is 32.5 Å². The highest BCUT2D eigenvalue weighted by Crippen LogP contribution is 2.21. The molecule has 0 radical (unpaired) electrons. The van der Waals surface area contributed by atoms with Crippen LogP contribution in [0.25, 0.3) is 0 Å². The number of anilines is 1. The molecule has 2 N–H and O–H groups in total. The van der Waals surface area contributed by atoms with Crippen LogP contribution in [0.15, 0.2) is 24.3 Å². The smallest absolute Gasteiger partial charge is 0.326 e. The molecule has 0 fully saturated rings. The van der Waals surface area contributed by atoms with Gasteiger partial charge >= 0.3 is 6.18 Å². The van der Waals surface area contributed by atoms with Crippen molar-refractivity contribution in [2.24, 2.45) is 0 Å². The molecule has 0 aliphatic carbocycles. The summed E-state index contributed by atoms with van der Waals surface area (Å²) in [5, 5.41) is 5.59. The molecule has 1 aromatic carbocycles. The summed E-state index contributed by atoms with van der Waals surface area (Å²) >= 11 is 0. The van der Waals surface area contributed by atoms with Crippen LogP contribution < -0.4 is 10.6 Å². The molecule has 0 aromatic heterocycles. The summed E-state index contributed by atoms with van der Waals surface area (Å²) in [6.07, 6.45) is -5.95. The number of amides is 1. The van der Waals surface area contributed by atoms with Crippen molar-refractivity contribution in [1.29, 1.82) is 0 Å². The van der Waals surface area contributed by atoms with E-state index in [1.54, 1.807) is 12.1 Å². The Kier molecular flexibility index (Phi) is 5.82. The van der Waals surface area contributed by atoms with E-state index in [1.807, 2.05) is 19.1 Å². The highest BCUT2D eigenvalue weighted by Gasteiger charge is 2.27. The van der Waals surface area contributed by atoms with Gasteiger partial charge in [-0.25, -0.2) is 0 Å². The van der Waals surface area contributed by atoms with Crippen molar-refractivity contribution >= 4 is 11.6 Å². The normalized spacial score (nSPS) is 11.4. The van der Waals surface area contributed by atoms with Gasteiger partial charge in [0.2, 0.25) is 5.91 Å². The molecule has 0 bridgehead atoms. The van der Waals surface area contributed by atoms with E-state index >= 15 is 0 Å². The first kappa shape index (κ1) is 15.5. The molecule has 0 unspecified atom stereocenters. The van der Waals surface area contributed by atoms with Gasteiger partial charge in [-0.15, -0.1) is 0 Å². The van der Waals surface area contributed by atoms with Crippen LogP contribution in [0, 0.1) is 0 Å². The van der Waals surface area contributed by atoms with Crippen molar-refractivity contribution in [3.63, 3.8) is 0 Å². The van der Waals surface area contributed by atoms with Gasteiger partial charge in [-0.05, 0) is 24.2 Å². The number of rotatable bonds is 6. The molecule has 19 heavy (non-hydrogen) atoms. The predicted molar refractivity (Wildman–Crippen MR) is 67.7 cm³/mol. The molecule has 0 heterocycles. The van der Waals surface area contributed by atoms with Crippen LogP contribution >= 0.6 is 0 Å². The highest BCUT2D eigenvalue weighted by atomic mass is 19.4. The number of hydrogen-bond donors (Lipinski definition) is 2. The average molecular weight is 274 g/mol. The Morgan fingerprint density at radius 2 is 1.84 bits per heavy atom. The number of carbonyl (C=O) groups excluding carboxylic acids is 1. The minimum absolute atomic E-state index is 0.507. The van der Waals surface area contributed by atoms with E-state index in [1.165, 1.54) is 0 Å². The average Bonchev–Trinajstić information content (AvgIpc) is 2.35. The fourth-order valence-corrected chi connectivity index (χ4v) is 1.45. The van der Waals surface area contributed by atoms with Crippen LogP contribution in [0.5, 0.6) is 0 Å². The highest BCUT2D eigenvalue weighted by molar-refractivity contribution is 5.90. The fraction of sp³-hybridized carbons (Fsp3) is 0.462. The van der Waals surface area contributed by atoms with Gasteiger partial charge in [0, 0.05) is 18.7 Å². The van der Waals surface area contributed by atoms with Gasteiger partial charge < -0.3 is 10.6 Å². The predicted octanol–water partition coefficient (Wildman–Crippen LogP) is 3.08. The summed E-state index contributed by atoms with van der Waals surface area (Å²) in [5.41, 5.74) is 1.56. The van der Waals surface area contributed by atoms with Gasteiger partial charge in [-0.2, -0.15) is 13.2 Å². The number of halogens is 3. The van der Waals surface area contributed by atoms with Crippen molar-refractivity contribution in [1.82, 2.24) is 5.32 Å². The third kappa shape index (κ3) is 6.81. The molecule has 1 amide bonds. The van der Waals surface area contributed by atoms with Crippen LogP contribution in [-0.4, -0.2) is 18.6 Å². The van der Waals surface area contributed by atoms with E-state index in [4.69, 9.17) is 0 Å². The molecule has 106 valence electrons. The van der Waals surface area contributed by atoms with Gasteiger partial charge in [0.1, 0.15) is 0 Å². The molecular formula is C13H17F3N2O. The first-order valence-corrected chi connectivity index (χ1v) is 6.07. The van der Waals surface area contributed by atoms with Crippen LogP contribution in [0.4, 0.5) is 18.9 Å². The number of hydrogen-bond acceptors (Lipinski definition) is 2. The Bertz CT molecular complexity index is 401. The summed E-state index contributed by atoms with van der Waals surface area (Å²) in [6, 6.07) is 7.00. The number of nitrogens with one attached hydrogen (secondary N) is 2. The second kappa shape index (κ2) is 7.13. The Morgan fingerprint density at radius 3 is 2.37 bits per heavy atom. The fourth-order valence-electron chi connectivity index (χ4n) is 1.45. The zero-order chi connectivity index (χ0) is 14.3. The largest absolute Gasteiger partial charge is 0.389 e. The maximum absolute atomic E-state index is 11.9. The van der Waals surface area contributed by atoms with Crippen LogP contribution in [-0.2, 0) is 11.3 Å². The van der Waals surface area contributed by atoms with Gasteiger partial charge in [-0.3, -0.25) is 4.79 Å². The van der Waals surface area contributed by atoms with Crippen molar-refractivity contribution in [3.8, 4) is 0 Å². The molecule has 3 nitrogen and oxygen atoms in total. The lowest BCUT2D eigenvalue weighted by Crippen LogP contribution is -2.16. The van der Waals surface area contributed by atoms with Gasteiger partial charge in [0.25, 0.3) is 0 Å². The lowest BCUT2D eigenvalue weighted by atomic mass is 10.2. The maximum Gasteiger partial charge on any atom is 0.389 e. The number of alkyl halides is 3. The molecule has 1 aromatic rings. The van der Waals surface area contributed by atoms with E-state index in [-0.39, 0.29) is 0 Å². The SMILES string of the molecule is CCNCc1ccc(NC(=O)CCC(F)(F)F)cc1. The third-order valence-electron chi connectivity index (χ3n) is 2.45. The van der Waals surface area contributed by atoms with Crippen LogP contribution in [0.3, 0.4) is 0 Å². The summed E-state index contributed by atoms with van der Waals surface area (Å²) < 4.78 is 35.8. The van der Waals surface area contributed by atoms with Crippen molar-refractivity contribution < 1.29 is 18.0 Å². The molecular weight excluding hydrogens is 257 g/mol. The van der Waals surface area contributed by atoms with E-state index in [9.17, 15) is 18.0 Å². The lowest BCUT2D eigenvalue weighted by Gasteiger charge is -2.08. The molecule has 0 saturated heterocycles. The summed E-state index contributed by atoms with van der Waals surface area (Å²) in [5.74, 6) is -0.628. The van der Waals surface area contributed by atoms with E-state index < -0.39 is 24.9 Å². The number of benzene rings is 1. The Hall–Kier alpha value is -1.56. The molecule has 0 aliphatic rings. The topological polar surface area (TPSA) is 41.1 Å². The summed E-state index contributed by atoms with van der Waals surface area (Å²) in [6.45, 7) is 3.57. The molecule has 1 rings (SSSR count). The lowest BCUT2D eigenvalue weighted by molar-refractivity contribution is -0.142. The van der Waals surface area contributed by atoms with Crippen molar-refractivity contribution in [2.75, 3.05) is 11.9 Å². The van der Waals surface area contributed by atoms with Gasteiger partial charge in [-0.1, -0.05) is 19.1 Å². The van der Waals surface area contributed by atoms with Gasteiger partial charge in [0.15, 0.2) is 0 Å². The molecule has 0 aliphatic heterocycles. The quantitative estimate of drug-likeness (QED) is 0.837. The van der Waals surface area contributed by atoms with Gasteiger partial charge in [0.05, 0.1) is 6.42 Å². The first-order chi connectivity index (χ1) is 8.90. The third-order valence-corrected chi connectivity index (χ3v) is 2.45. The second-order valence-corrected chi connectivity index (χ2v) is 4.14. The first-order valence-electron chi connectivity index (χ1n) is 6.07.